The number of benzene rings is 1. The van der Waals surface area contributed by atoms with Gasteiger partial charge in [-0.3, -0.25) is 0 Å². The summed E-state index contributed by atoms with van der Waals surface area (Å²) < 4.78 is 14.1. The lowest BCUT2D eigenvalue weighted by atomic mass is 9.81. The summed E-state index contributed by atoms with van der Waals surface area (Å²) >= 11 is 3.47. The number of hydrogen-bond donors (Lipinski definition) is 1. The Morgan fingerprint density at radius 1 is 1.31 bits per heavy atom. The average Bonchev–Trinajstić information content (AvgIpc) is 2.27. The van der Waals surface area contributed by atoms with E-state index in [9.17, 15) is 4.39 Å². The zero-order chi connectivity index (χ0) is 11.5. The molecule has 1 saturated carbocycles. The predicted octanol–water partition coefficient (Wildman–Crippen LogP) is 3.65. The molecule has 2 unspecified atom stereocenters. The summed E-state index contributed by atoms with van der Waals surface area (Å²) in [6.45, 7) is 0. The lowest BCUT2D eigenvalue weighted by Crippen LogP contribution is -2.34. The van der Waals surface area contributed by atoms with Crippen molar-refractivity contribution in [1.29, 1.82) is 0 Å². The van der Waals surface area contributed by atoms with Crippen LogP contribution in [0.5, 0.6) is 0 Å². The fraction of sp³-hybridized carbons (Fsp3) is 0.538. The Hall–Kier alpha value is -0.410. The third-order valence-electron chi connectivity index (χ3n) is 3.46. The van der Waals surface area contributed by atoms with E-state index in [1.165, 1.54) is 25.3 Å². The van der Waals surface area contributed by atoms with Crippen LogP contribution in [-0.4, -0.2) is 6.04 Å². The van der Waals surface area contributed by atoms with Gasteiger partial charge >= 0.3 is 0 Å². The summed E-state index contributed by atoms with van der Waals surface area (Å²) in [4.78, 5) is 0. The van der Waals surface area contributed by atoms with Crippen molar-refractivity contribution in [2.45, 2.75) is 38.1 Å². The van der Waals surface area contributed by atoms with E-state index in [1.54, 1.807) is 12.1 Å². The first kappa shape index (κ1) is 12.1. The Labute approximate surface area is 104 Å². The van der Waals surface area contributed by atoms with E-state index >= 15 is 0 Å². The minimum Gasteiger partial charge on any atom is -0.327 e. The topological polar surface area (TPSA) is 26.0 Å². The van der Waals surface area contributed by atoms with E-state index in [-0.39, 0.29) is 11.9 Å². The van der Waals surface area contributed by atoms with Crippen molar-refractivity contribution in [2.24, 2.45) is 11.7 Å². The molecular formula is C13H17BrFN. The van der Waals surface area contributed by atoms with Crippen LogP contribution in [0.1, 0.15) is 31.2 Å². The Morgan fingerprint density at radius 3 is 2.81 bits per heavy atom. The molecule has 2 rings (SSSR count). The summed E-state index contributed by atoms with van der Waals surface area (Å²) in [6.07, 6.45) is 5.66. The van der Waals surface area contributed by atoms with Crippen LogP contribution in [0.4, 0.5) is 4.39 Å². The van der Waals surface area contributed by atoms with Gasteiger partial charge in [0.05, 0.1) is 0 Å². The van der Waals surface area contributed by atoms with E-state index < -0.39 is 0 Å². The second-order valence-corrected chi connectivity index (χ2v) is 5.50. The van der Waals surface area contributed by atoms with Crippen LogP contribution < -0.4 is 5.73 Å². The van der Waals surface area contributed by atoms with Gasteiger partial charge in [0.25, 0.3) is 0 Å². The number of hydrogen-bond acceptors (Lipinski definition) is 1. The largest absolute Gasteiger partial charge is 0.327 e. The summed E-state index contributed by atoms with van der Waals surface area (Å²) in [5.41, 5.74) is 7.15. The molecule has 0 saturated heterocycles. The van der Waals surface area contributed by atoms with Crippen molar-refractivity contribution in [3.05, 3.63) is 34.1 Å². The quantitative estimate of drug-likeness (QED) is 0.882. The van der Waals surface area contributed by atoms with Crippen LogP contribution in [0.3, 0.4) is 0 Å². The van der Waals surface area contributed by atoms with Gasteiger partial charge in [0, 0.05) is 10.5 Å². The first-order valence-electron chi connectivity index (χ1n) is 5.86. The number of rotatable bonds is 2. The third kappa shape index (κ3) is 2.83. The highest BCUT2D eigenvalue weighted by Gasteiger charge is 2.22. The van der Waals surface area contributed by atoms with Crippen molar-refractivity contribution in [1.82, 2.24) is 0 Å². The van der Waals surface area contributed by atoms with E-state index in [4.69, 9.17) is 5.73 Å². The van der Waals surface area contributed by atoms with Crippen LogP contribution in [0, 0.1) is 11.7 Å². The molecule has 0 bridgehead atoms. The molecule has 2 N–H and O–H groups in total. The number of halogens is 2. The number of nitrogens with two attached hydrogens (primary N) is 1. The molecule has 0 aliphatic heterocycles. The monoisotopic (exact) mass is 285 g/mol. The maximum Gasteiger partial charge on any atom is 0.123 e. The van der Waals surface area contributed by atoms with Crippen molar-refractivity contribution < 1.29 is 4.39 Å². The molecule has 1 aliphatic carbocycles. The molecule has 1 aliphatic rings. The van der Waals surface area contributed by atoms with Crippen molar-refractivity contribution in [3.63, 3.8) is 0 Å². The van der Waals surface area contributed by atoms with Crippen molar-refractivity contribution >= 4 is 15.9 Å². The zero-order valence-corrected chi connectivity index (χ0v) is 10.8. The molecule has 88 valence electrons. The van der Waals surface area contributed by atoms with Crippen LogP contribution in [0.2, 0.25) is 0 Å². The average molecular weight is 286 g/mol. The Balaban J connectivity index is 2.10. The summed E-state index contributed by atoms with van der Waals surface area (Å²) in [6, 6.07) is 5.16. The highest BCUT2D eigenvalue weighted by Crippen LogP contribution is 2.29. The summed E-state index contributed by atoms with van der Waals surface area (Å²) in [5.74, 6) is 0.342. The van der Waals surface area contributed by atoms with Crippen molar-refractivity contribution in [2.75, 3.05) is 0 Å². The van der Waals surface area contributed by atoms with Gasteiger partial charge in [-0.2, -0.15) is 0 Å². The summed E-state index contributed by atoms with van der Waals surface area (Å²) in [7, 11) is 0. The minimum atomic E-state index is -0.164. The van der Waals surface area contributed by atoms with E-state index in [2.05, 4.69) is 15.9 Å². The second kappa shape index (κ2) is 5.28. The van der Waals surface area contributed by atoms with Crippen LogP contribution >= 0.6 is 15.9 Å². The minimum absolute atomic E-state index is 0.164. The van der Waals surface area contributed by atoms with Gasteiger partial charge in [0.1, 0.15) is 5.82 Å². The fourth-order valence-corrected chi connectivity index (χ4v) is 2.88. The molecule has 0 spiro atoms. The van der Waals surface area contributed by atoms with Crippen molar-refractivity contribution in [3.8, 4) is 0 Å². The molecule has 0 radical (unpaired) electrons. The molecule has 16 heavy (non-hydrogen) atoms. The van der Waals surface area contributed by atoms with Gasteiger partial charge in [0.2, 0.25) is 0 Å². The standard InChI is InChI=1S/C13H17BrFN/c14-12-6-5-11(15)8-10(12)7-9-3-1-2-4-13(9)16/h5-6,8-9,13H,1-4,7,16H2. The first-order valence-corrected chi connectivity index (χ1v) is 6.65. The molecule has 0 amide bonds. The molecule has 1 aromatic rings. The SMILES string of the molecule is NC1CCCCC1Cc1cc(F)ccc1Br. The Bertz CT molecular complexity index is 367. The maximum atomic E-state index is 13.1. The molecule has 2 atom stereocenters. The second-order valence-electron chi connectivity index (χ2n) is 4.65. The zero-order valence-electron chi connectivity index (χ0n) is 9.26. The van der Waals surface area contributed by atoms with E-state index in [0.717, 1.165) is 22.9 Å². The fourth-order valence-electron chi connectivity index (χ4n) is 2.47. The normalized spacial score (nSPS) is 25.7. The van der Waals surface area contributed by atoms with Crippen LogP contribution in [-0.2, 0) is 6.42 Å². The molecule has 3 heteroatoms. The molecule has 0 aromatic heterocycles. The van der Waals surface area contributed by atoms with Crippen LogP contribution in [0.15, 0.2) is 22.7 Å². The molecular weight excluding hydrogens is 269 g/mol. The van der Waals surface area contributed by atoms with E-state index in [0.29, 0.717) is 5.92 Å². The molecule has 1 fully saturated rings. The van der Waals surface area contributed by atoms with Gasteiger partial charge in [-0.1, -0.05) is 28.8 Å². The van der Waals surface area contributed by atoms with Gasteiger partial charge in [-0.15, -0.1) is 0 Å². The van der Waals surface area contributed by atoms with Gasteiger partial charge in [0.15, 0.2) is 0 Å². The highest BCUT2D eigenvalue weighted by atomic mass is 79.9. The first-order chi connectivity index (χ1) is 7.66. The van der Waals surface area contributed by atoms with Gasteiger partial charge < -0.3 is 5.73 Å². The molecule has 0 heterocycles. The molecule has 1 aromatic carbocycles. The lowest BCUT2D eigenvalue weighted by Gasteiger charge is -2.28. The van der Waals surface area contributed by atoms with Crippen LogP contribution in [0.25, 0.3) is 0 Å². The maximum absolute atomic E-state index is 13.1. The van der Waals surface area contributed by atoms with Gasteiger partial charge in [-0.25, -0.2) is 4.39 Å². The summed E-state index contributed by atoms with van der Waals surface area (Å²) in [5, 5.41) is 0. The highest BCUT2D eigenvalue weighted by molar-refractivity contribution is 9.10. The van der Waals surface area contributed by atoms with Gasteiger partial charge in [-0.05, 0) is 48.9 Å². The third-order valence-corrected chi connectivity index (χ3v) is 4.23. The Morgan fingerprint density at radius 2 is 2.06 bits per heavy atom. The Kier molecular flexibility index (Phi) is 3.98. The smallest absolute Gasteiger partial charge is 0.123 e. The van der Waals surface area contributed by atoms with E-state index in [1.807, 2.05) is 0 Å². The molecule has 1 nitrogen and oxygen atoms in total. The predicted molar refractivity (Wildman–Crippen MR) is 67.7 cm³/mol. The lowest BCUT2D eigenvalue weighted by molar-refractivity contribution is 0.306.